The molecule has 0 bridgehead atoms. The van der Waals surface area contributed by atoms with Crippen molar-refractivity contribution in [2.24, 2.45) is 5.10 Å². The van der Waals surface area contributed by atoms with E-state index in [2.05, 4.69) is 20.5 Å². The van der Waals surface area contributed by atoms with Gasteiger partial charge in [-0.05, 0) is 44.5 Å². The highest BCUT2D eigenvalue weighted by Crippen LogP contribution is 2.26. The van der Waals surface area contributed by atoms with Crippen molar-refractivity contribution in [3.05, 3.63) is 35.5 Å². The third-order valence-electron chi connectivity index (χ3n) is 4.03. The fraction of sp³-hybridized carbons (Fsp3) is 0.400. The minimum Gasteiger partial charge on any atom is -0.493 e. The highest BCUT2D eigenvalue weighted by atomic mass is 16.5. The van der Waals surface area contributed by atoms with E-state index >= 15 is 0 Å². The lowest BCUT2D eigenvalue weighted by Crippen LogP contribution is -2.26. The van der Waals surface area contributed by atoms with E-state index in [4.69, 9.17) is 14.2 Å². The normalized spacial score (nSPS) is 10.7. The summed E-state index contributed by atoms with van der Waals surface area (Å²) >= 11 is 0. The summed E-state index contributed by atoms with van der Waals surface area (Å²) in [6, 6.07) is 7.00. The van der Waals surface area contributed by atoms with Crippen molar-refractivity contribution >= 4 is 18.1 Å². The van der Waals surface area contributed by atoms with Crippen LogP contribution in [0.3, 0.4) is 0 Å². The van der Waals surface area contributed by atoms with Crippen molar-refractivity contribution in [3.63, 3.8) is 0 Å². The number of carbonyl (C=O) groups excluding carboxylic acids is 1. The molecule has 1 aromatic carbocycles. The van der Waals surface area contributed by atoms with Crippen LogP contribution in [0.4, 0.5) is 5.95 Å². The first-order valence-corrected chi connectivity index (χ1v) is 9.28. The van der Waals surface area contributed by atoms with Gasteiger partial charge in [-0.2, -0.15) is 10.1 Å². The molecule has 0 saturated heterocycles. The van der Waals surface area contributed by atoms with Gasteiger partial charge in [0.2, 0.25) is 11.8 Å². The van der Waals surface area contributed by atoms with Crippen LogP contribution in [0.25, 0.3) is 0 Å². The molecule has 0 aliphatic rings. The number of benzene rings is 1. The van der Waals surface area contributed by atoms with Crippen LogP contribution in [0, 0.1) is 6.92 Å². The Balaban J connectivity index is 1.92. The first-order valence-electron chi connectivity index (χ1n) is 9.28. The molecule has 2 aromatic rings. The van der Waals surface area contributed by atoms with E-state index in [9.17, 15) is 4.79 Å². The van der Waals surface area contributed by atoms with Crippen molar-refractivity contribution in [3.8, 4) is 17.4 Å². The summed E-state index contributed by atoms with van der Waals surface area (Å²) < 4.78 is 15.9. The number of methoxy groups -OCH3 is 2. The second-order valence-electron chi connectivity index (χ2n) is 6.02. The average molecular weight is 401 g/mol. The number of nitrogens with zero attached hydrogens (tertiary/aromatic N) is 4. The van der Waals surface area contributed by atoms with Gasteiger partial charge in [-0.15, -0.1) is 0 Å². The number of aromatic nitrogens is 2. The zero-order valence-corrected chi connectivity index (χ0v) is 17.4. The summed E-state index contributed by atoms with van der Waals surface area (Å²) in [4.78, 5) is 22.8. The molecule has 0 radical (unpaired) electrons. The standard InChI is InChI=1S/C20H27N5O4/c1-6-25(7-2)20-22-14(3)10-19(23-20)29-13-18(26)24-21-12-15-8-9-16(27-4)17(11-15)28-5/h8-12H,6-7,13H2,1-5H3,(H,24,26). The smallest absolute Gasteiger partial charge is 0.278 e. The minimum absolute atomic E-state index is 0.211. The summed E-state index contributed by atoms with van der Waals surface area (Å²) in [5.41, 5.74) is 3.94. The van der Waals surface area contributed by atoms with Crippen LogP contribution in [0.1, 0.15) is 25.1 Å². The van der Waals surface area contributed by atoms with Crippen molar-refractivity contribution < 1.29 is 19.0 Å². The molecule has 1 N–H and O–H groups in total. The molecule has 0 aliphatic heterocycles. The van der Waals surface area contributed by atoms with Crippen LogP contribution in [-0.4, -0.2) is 56.0 Å². The van der Waals surface area contributed by atoms with Gasteiger partial charge in [0, 0.05) is 24.8 Å². The molecule has 0 spiro atoms. The Morgan fingerprint density at radius 2 is 1.86 bits per heavy atom. The van der Waals surface area contributed by atoms with Crippen molar-refractivity contribution in [2.75, 3.05) is 38.8 Å². The highest BCUT2D eigenvalue weighted by molar-refractivity contribution is 5.83. The van der Waals surface area contributed by atoms with Gasteiger partial charge in [-0.3, -0.25) is 4.79 Å². The number of ether oxygens (including phenoxy) is 3. The fourth-order valence-electron chi connectivity index (χ4n) is 2.53. The highest BCUT2D eigenvalue weighted by Gasteiger charge is 2.10. The maximum Gasteiger partial charge on any atom is 0.278 e. The number of anilines is 1. The summed E-state index contributed by atoms with van der Waals surface area (Å²) in [6.45, 7) is 7.26. The van der Waals surface area contributed by atoms with Gasteiger partial charge in [0.05, 0.1) is 20.4 Å². The number of carbonyl (C=O) groups is 1. The lowest BCUT2D eigenvalue weighted by atomic mass is 10.2. The molecule has 29 heavy (non-hydrogen) atoms. The van der Waals surface area contributed by atoms with Crippen LogP contribution in [0.2, 0.25) is 0 Å². The quantitative estimate of drug-likeness (QED) is 0.481. The van der Waals surface area contributed by atoms with Gasteiger partial charge in [-0.25, -0.2) is 10.4 Å². The van der Waals surface area contributed by atoms with Gasteiger partial charge in [-0.1, -0.05) is 0 Å². The number of aryl methyl sites for hydroxylation is 1. The minimum atomic E-state index is -0.401. The summed E-state index contributed by atoms with van der Waals surface area (Å²) in [6.07, 6.45) is 1.51. The van der Waals surface area contributed by atoms with E-state index in [1.807, 2.05) is 25.7 Å². The van der Waals surface area contributed by atoms with E-state index in [0.717, 1.165) is 24.3 Å². The third-order valence-corrected chi connectivity index (χ3v) is 4.03. The summed E-state index contributed by atoms with van der Waals surface area (Å²) in [5, 5.41) is 3.93. The van der Waals surface area contributed by atoms with E-state index in [1.165, 1.54) is 6.21 Å². The average Bonchev–Trinajstić information content (AvgIpc) is 2.72. The molecular weight excluding hydrogens is 374 g/mol. The monoisotopic (exact) mass is 401 g/mol. The van der Waals surface area contributed by atoms with Crippen LogP contribution >= 0.6 is 0 Å². The number of rotatable bonds is 10. The fourth-order valence-corrected chi connectivity index (χ4v) is 2.53. The molecule has 1 aromatic heterocycles. The molecule has 2 rings (SSSR count). The summed E-state index contributed by atoms with van der Waals surface area (Å²) in [7, 11) is 3.12. The molecule has 1 heterocycles. The van der Waals surface area contributed by atoms with Crippen LogP contribution in [0.15, 0.2) is 29.4 Å². The molecule has 0 atom stereocenters. The first-order chi connectivity index (χ1) is 14.0. The molecule has 0 aliphatic carbocycles. The van der Waals surface area contributed by atoms with Crippen LogP contribution in [-0.2, 0) is 4.79 Å². The molecule has 1 amide bonds. The predicted octanol–water partition coefficient (Wildman–Crippen LogP) is 2.18. The SMILES string of the molecule is CCN(CC)c1nc(C)cc(OCC(=O)NN=Cc2ccc(OC)c(OC)c2)n1. The zero-order chi connectivity index (χ0) is 21.2. The Hall–Kier alpha value is -3.36. The van der Waals surface area contributed by atoms with E-state index < -0.39 is 5.91 Å². The van der Waals surface area contributed by atoms with Crippen molar-refractivity contribution in [2.45, 2.75) is 20.8 Å². The number of hydrazone groups is 1. The third kappa shape index (κ3) is 6.34. The topological polar surface area (TPSA) is 98.2 Å². The Bertz CT molecular complexity index is 853. The molecule has 156 valence electrons. The number of nitrogens with one attached hydrogen (secondary N) is 1. The van der Waals surface area contributed by atoms with E-state index in [0.29, 0.717) is 23.3 Å². The van der Waals surface area contributed by atoms with Gasteiger partial charge in [0.1, 0.15) is 0 Å². The number of amides is 1. The number of hydrogen-bond acceptors (Lipinski definition) is 8. The molecule has 0 unspecified atom stereocenters. The molecule has 9 nitrogen and oxygen atoms in total. The Morgan fingerprint density at radius 3 is 2.52 bits per heavy atom. The van der Waals surface area contributed by atoms with Crippen molar-refractivity contribution in [1.29, 1.82) is 0 Å². The van der Waals surface area contributed by atoms with E-state index in [-0.39, 0.29) is 6.61 Å². The summed E-state index contributed by atoms with van der Waals surface area (Å²) in [5.74, 6) is 1.72. The van der Waals surface area contributed by atoms with E-state index in [1.54, 1.807) is 38.5 Å². The maximum atomic E-state index is 12.0. The largest absolute Gasteiger partial charge is 0.493 e. The Labute approximate surface area is 170 Å². The van der Waals surface area contributed by atoms with Gasteiger partial charge >= 0.3 is 0 Å². The van der Waals surface area contributed by atoms with Crippen LogP contribution < -0.4 is 24.5 Å². The van der Waals surface area contributed by atoms with Gasteiger partial charge in [0.25, 0.3) is 5.91 Å². The molecule has 9 heteroatoms. The van der Waals surface area contributed by atoms with Crippen molar-refractivity contribution in [1.82, 2.24) is 15.4 Å². The molecule has 0 fully saturated rings. The Morgan fingerprint density at radius 1 is 1.14 bits per heavy atom. The lowest BCUT2D eigenvalue weighted by molar-refractivity contribution is -0.123. The predicted molar refractivity (Wildman–Crippen MR) is 111 cm³/mol. The Kier molecular flexibility index (Phi) is 8.20. The first kappa shape index (κ1) is 21.9. The maximum absolute atomic E-state index is 12.0. The van der Waals surface area contributed by atoms with Crippen LogP contribution in [0.5, 0.6) is 17.4 Å². The second kappa shape index (κ2) is 10.8. The zero-order valence-electron chi connectivity index (χ0n) is 17.4. The van der Waals surface area contributed by atoms with Gasteiger partial charge < -0.3 is 19.1 Å². The molecule has 0 saturated carbocycles. The number of hydrogen-bond donors (Lipinski definition) is 1. The lowest BCUT2D eigenvalue weighted by Gasteiger charge is -2.19. The second-order valence-corrected chi connectivity index (χ2v) is 6.02. The van der Waals surface area contributed by atoms with Gasteiger partial charge in [0.15, 0.2) is 18.1 Å². The molecular formula is C20H27N5O4.